The van der Waals surface area contributed by atoms with Gasteiger partial charge in [-0.3, -0.25) is 0 Å². The summed E-state index contributed by atoms with van der Waals surface area (Å²) in [5, 5.41) is 0. The monoisotopic (exact) mass is 165 g/mol. The van der Waals surface area contributed by atoms with E-state index in [1.807, 2.05) is 12.1 Å². The molecule has 0 atom stereocenters. The van der Waals surface area contributed by atoms with Crippen LogP contribution < -0.4 is 5.73 Å². The van der Waals surface area contributed by atoms with Crippen LogP contribution in [0.25, 0.3) is 0 Å². The first-order chi connectivity index (χ1) is 5.72. The summed E-state index contributed by atoms with van der Waals surface area (Å²) in [6.45, 7) is 0. The van der Waals surface area contributed by atoms with Crippen LogP contribution in [0.2, 0.25) is 0 Å². The minimum Gasteiger partial charge on any atom is -0.398 e. The number of hydrogen-bond donors (Lipinski definition) is 1. The smallest absolute Gasteiger partial charge is 0.138 e. The zero-order valence-corrected chi connectivity index (χ0v) is 6.89. The van der Waals surface area contributed by atoms with Crippen molar-refractivity contribution in [3.05, 3.63) is 29.8 Å². The highest BCUT2D eigenvalue weighted by Gasteiger charge is 2.39. The molecule has 0 aliphatic heterocycles. The van der Waals surface area contributed by atoms with E-state index in [0.717, 1.165) is 6.42 Å². The van der Waals surface area contributed by atoms with E-state index >= 15 is 0 Å². The Kier molecular flexibility index (Phi) is 1.56. The second-order valence-electron chi connectivity index (χ2n) is 3.41. The number of nitrogens with two attached hydrogens (primary N) is 1. The topological polar surface area (TPSA) is 26.0 Å². The van der Waals surface area contributed by atoms with Crippen LogP contribution in [-0.2, 0) is 5.67 Å². The van der Waals surface area contributed by atoms with Gasteiger partial charge >= 0.3 is 0 Å². The van der Waals surface area contributed by atoms with Crippen molar-refractivity contribution in [1.82, 2.24) is 0 Å². The van der Waals surface area contributed by atoms with Crippen molar-refractivity contribution in [3.63, 3.8) is 0 Å². The molecule has 0 bridgehead atoms. The van der Waals surface area contributed by atoms with Crippen LogP contribution in [0.4, 0.5) is 10.1 Å². The van der Waals surface area contributed by atoms with Crippen molar-refractivity contribution in [3.8, 4) is 0 Å². The van der Waals surface area contributed by atoms with E-state index in [2.05, 4.69) is 0 Å². The number of hydrogen-bond acceptors (Lipinski definition) is 1. The molecule has 2 rings (SSSR count). The van der Waals surface area contributed by atoms with Crippen molar-refractivity contribution in [2.75, 3.05) is 5.73 Å². The van der Waals surface area contributed by atoms with Crippen LogP contribution in [0.15, 0.2) is 24.3 Å². The van der Waals surface area contributed by atoms with Crippen LogP contribution in [0.3, 0.4) is 0 Å². The average molecular weight is 165 g/mol. The molecule has 1 aromatic carbocycles. The van der Waals surface area contributed by atoms with Crippen molar-refractivity contribution >= 4 is 5.69 Å². The van der Waals surface area contributed by atoms with Gasteiger partial charge in [0.1, 0.15) is 5.67 Å². The second-order valence-corrected chi connectivity index (χ2v) is 3.41. The largest absolute Gasteiger partial charge is 0.398 e. The molecular formula is C10H12FN. The van der Waals surface area contributed by atoms with Crippen molar-refractivity contribution in [2.45, 2.75) is 24.9 Å². The predicted molar refractivity (Wildman–Crippen MR) is 47.5 cm³/mol. The van der Waals surface area contributed by atoms with Gasteiger partial charge in [-0.2, -0.15) is 0 Å². The van der Waals surface area contributed by atoms with E-state index in [1.165, 1.54) is 0 Å². The van der Waals surface area contributed by atoms with E-state index < -0.39 is 5.67 Å². The maximum Gasteiger partial charge on any atom is 0.138 e. The first kappa shape index (κ1) is 7.59. The molecule has 1 saturated carbocycles. The third kappa shape index (κ3) is 0.986. The lowest BCUT2D eigenvalue weighted by atomic mass is 9.76. The van der Waals surface area contributed by atoms with Gasteiger partial charge < -0.3 is 5.73 Å². The zero-order valence-electron chi connectivity index (χ0n) is 6.89. The number of halogens is 1. The fraction of sp³-hybridized carbons (Fsp3) is 0.400. The Morgan fingerprint density at radius 2 is 1.92 bits per heavy atom. The first-order valence-corrected chi connectivity index (χ1v) is 4.26. The molecule has 0 radical (unpaired) electrons. The molecule has 1 aliphatic rings. The van der Waals surface area contributed by atoms with Crippen LogP contribution in [0.1, 0.15) is 24.8 Å². The van der Waals surface area contributed by atoms with Crippen molar-refractivity contribution < 1.29 is 4.39 Å². The fourth-order valence-corrected chi connectivity index (χ4v) is 1.66. The summed E-state index contributed by atoms with van der Waals surface area (Å²) in [6, 6.07) is 7.22. The van der Waals surface area contributed by atoms with E-state index in [0.29, 0.717) is 24.1 Å². The molecule has 2 heteroatoms. The second kappa shape index (κ2) is 2.47. The Morgan fingerprint density at radius 3 is 2.42 bits per heavy atom. The Bertz CT molecular complexity index is 292. The SMILES string of the molecule is Nc1ccccc1C1(F)CCC1. The Balaban J connectivity index is 2.39. The normalized spacial score (nSPS) is 20.1. The van der Waals surface area contributed by atoms with Crippen molar-refractivity contribution in [2.24, 2.45) is 0 Å². The average Bonchev–Trinajstić information content (AvgIpc) is 2.01. The number of rotatable bonds is 1. The molecule has 0 heterocycles. The Morgan fingerprint density at radius 1 is 1.25 bits per heavy atom. The first-order valence-electron chi connectivity index (χ1n) is 4.26. The van der Waals surface area contributed by atoms with Gasteiger partial charge in [0.05, 0.1) is 0 Å². The number of para-hydroxylation sites is 1. The number of benzene rings is 1. The fourth-order valence-electron chi connectivity index (χ4n) is 1.66. The Hall–Kier alpha value is -1.05. The van der Waals surface area contributed by atoms with Crippen LogP contribution in [0.5, 0.6) is 0 Å². The highest BCUT2D eigenvalue weighted by molar-refractivity contribution is 5.50. The number of alkyl halides is 1. The maximum absolute atomic E-state index is 13.8. The minimum absolute atomic E-state index is 0.583. The molecule has 1 fully saturated rings. The summed E-state index contributed by atoms with van der Waals surface area (Å²) in [6.07, 6.45) is 2.23. The van der Waals surface area contributed by atoms with Gasteiger partial charge in [0.25, 0.3) is 0 Å². The quantitative estimate of drug-likeness (QED) is 0.636. The predicted octanol–water partition coefficient (Wildman–Crippen LogP) is 2.62. The third-order valence-electron chi connectivity index (χ3n) is 2.59. The van der Waals surface area contributed by atoms with E-state index in [1.54, 1.807) is 12.1 Å². The van der Waals surface area contributed by atoms with Gasteiger partial charge in [-0.1, -0.05) is 18.2 Å². The van der Waals surface area contributed by atoms with E-state index in [9.17, 15) is 4.39 Å². The molecule has 12 heavy (non-hydrogen) atoms. The summed E-state index contributed by atoms with van der Waals surface area (Å²) in [4.78, 5) is 0. The van der Waals surface area contributed by atoms with Crippen LogP contribution >= 0.6 is 0 Å². The van der Waals surface area contributed by atoms with Gasteiger partial charge in [-0.05, 0) is 25.3 Å². The summed E-state index contributed by atoms with van der Waals surface area (Å²) in [5.74, 6) is 0. The maximum atomic E-state index is 13.8. The molecule has 0 unspecified atom stereocenters. The summed E-state index contributed by atoms with van der Waals surface area (Å²) in [7, 11) is 0. The van der Waals surface area contributed by atoms with Gasteiger partial charge in [0.15, 0.2) is 0 Å². The standard InChI is InChI=1S/C10H12FN/c11-10(6-3-7-10)8-4-1-2-5-9(8)12/h1-2,4-5H,3,6-7,12H2. The highest BCUT2D eigenvalue weighted by Crippen LogP contribution is 2.46. The molecule has 1 aromatic rings. The van der Waals surface area contributed by atoms with Crippen LogP contribution in [0, 0.1) is 0 Å². The molecule has 0 aromatic heterocycles. The third-order valence-corrected chi connectivity index (χ3v) is 2.59. The lowest BCUT2D eigenvalue weighted by molar-refractivity contribution is 0.0617. The van der Waals surface area contributed by atoms with E-state index in [4.69, 9.17) is 5.73 Å². The van der Waals surface area contributed by atoms with Crippen molar-refractivity contribution in [1.29, 1.82) is 0 Å². The molecule has 1 nitrogen and oxygen atoms in total. The minimum atomic E-state index is -1.12. The van der Waals surface area contributed by atoms with Crippen LogP contribution in [-0.4, -0.2) is 0 Å². The molecule has 64 valence electrons. The summed E-state index contributed by atoms with van der Waals surface area (Å²) in [5.41, 5.74) is 5.82. The molecule has 0 amide bonds. The molecule has 1 aliphatic carbocycles. The van der Waals surface area contributed by atoms with Gasteiger partial charge in [-0.25, -0.2) is 4.39 Å². The lowest BCUT2D eigenvalue weighted by Crippen LogP contribution is -2.29. The number of nitrogen functional groups attached to an aromatic ring is 1. The Labute approximate surface area is 71.4 Å². The molecular weight excluding hydrogens is 153 g/mol. The highest BCUT2D eigenvalue weighted by atomic mass is 19.1. The van der Waals surface area contributed by atoms with E-state index in [-0.39, 0.29) is 0 Å². The summed E-state index contributed by atoms with van der Waals surface area (Å²) >= 11 is 0. The number of anilines is 1. The van der Waals surface area contributed by atoms with Gasteiger partial charge in [-0.15, -0.1) is 0 Å². The van der Waals surface area contributed by atoms with Gasteiger partial charge in [0.2, 0.25) is 0 Å². The molecule has 0 saturated heterocycles. The zero-order chi connectivity index (χ0) is 8.60. The summed E-state index contributed by atoms with van der Waals surface area (Å²) < 4.78 is 13.8. The molecule has 0 spiro atoms. The van der Waals surface area contributed by atoms with Gasteiger partial charge in [0, 0.05) is 11.3 Å². The molecule has 2 N–H and O–H groups in total. The lowest BCUT2D eigenvalue weighted by Gasteiger charge is -2.34.